The Morgan fingerprint density at radius 1 is 0.347 bits per heavy atom. The molecule has 1 aliphatic heterocycles. The number of halogens is 2. The summed E-state index contributed by atoms with van der Waals surface area (Å²) in [5.41, 5.74) is 10.5. The van der Waals surface area contributed by atoms with Gasteiger partial charge in [0.25, 0.3) is 0 Å². The molecule has 0 N–H and O–H groups in total. The van der Waals surface area contributed by atoms with Gasteiger partial charge in [0, 0.05) is 43.9 Å². The Bertz CT molecular complexity index is 2110. The van der Waals surface area contributed by atoms with Gasteiger partial charge < -0.3 is 9.80 Å². The lowest BCUT2D eigenvalue weighted by atomic mass is 9.93. The fraction of sp³-hybridized carbons (Fsp3) is 0.0455. The van der Waals surface area contributed by atoms with Crippen molar-refractivity contribution >= 4 is 44.2 Å². The molecule has 7 aromatic rings. The maximum atomic E-state index is 14.1. The third-order valence-corrected chi connectivity index (χ3v) is 12.2. The molecule has 2 nitrogen and oxygen atoms in total. The topological polar surface area (TPSA) is 6.48 Å². The van der Waals surface area contributed by atoms with Crippen molar-refractivity contribution in [2.75, 3.05) is 22.3 Å². The van der Waals surface area contributed by atoms with E-state index in [0.717, 1.165) is 45.3 Å². The highest BCUT2D eigenvalue weighted by Gasteiger charge is 2.31. The van der Waals surface area contributed by atoms with E-state index in [1.165, 1.54) is 45.2 Å². The van der Waals surface area contributed by atoms with Gasteiger partial charge in [-0.05, 0) is 144 Å². The van der Waals surface area contributed by atoms with Crippen LogP contribution < -0.4 is 9.80 Å². The zero-order chi connectivity index (χ0) is 33.5. The van der Waals surface area contributed by atoms with Crippen LogP contribution in [0.3, 0.4) is 0 Å². The van der Waals surface area contributed by atoms with Crippen LogP contribution in [0.2, 0.25) is 0 Å². The minimum absolute atomic E-state index is 0.264. The van der Waals surface area contributed by atoms with Gasteiger partial charge >= 0.3 is 0 Å². The van der Waals surface area contributed by atoms with Crippen molar-refractivity contribution in [1.82, 2.24) is 0 Å². The number of benzene rings is 7. The van der Waals surface area contributed by atoms with Crippen molar-refractivity contribution in [2.24, 2.45) is 0 Å². The third kappa shape index (κ3) is 5.56. The monoisotopic (exact) mass is 660 g/mol. The number of para-hydroxylation sites is 2. The Morgan fingerprint density at radius 2 is 0.673 bits per heavy atom. The smallest absolute Gasteiger partial charge is 0.123 e. The van der Waals surface area contributed by atoms with Crippen molar-refractivity contribution in [3.05, 3.63) is 181 Å². The van der Waals surface area contributed by atoms with Gasteiger partial charge in [-0.3, -0.25) is 0 Å². The van der Waals surface area contributed by atoms with E-state index in [-0.39, 0.29) is 11.6 Å². The molecule has 0 bridgehead atoms. The van der Waals surface area contributed by atoms with Crippen LogP contribution in [0, 0.1) is 11.6 Å². The van der Waals surface area contributed by atoms with E-state index in [4.69, 9.17) is 0 Å². The summed E-state index contributed by atoms with van der Waals surface area (Å²) in [6, 6.07) is 56.0. The average Bonchev–Trinajstić information content (AvgIpc) is 3.21. The second-order valence-corrected chi connectivity index (χ2v) is 16.1. The van der Waals surface area contributed by atoms with Gasteiger partial charge in [-0.2, -0.15) is 10.0 Å². The lowest BCUT2D eigenvalue weighted by Crippen LogP contribution is -2.11. The van der Waals surface area contributed by atoms with Crippen LogP contribution in [0.1, 0.15) is 0 Å². The maximum absolute atomic E-state index is 14.1. The highest BCUT2D eigenvalue weighted by atomic mass is 32.3. The van der Waals surface area contributed by atoms with E-state index < -0.39 is 10.0 Å². The highest BCUT2D eigenvalue weighted by molar-refractivity contribution is 8.33. The first-order chi connectivity index (χ1) is 23.9. The minimum atomic E-state index is -1.50. The van der Waals surface area contributed by atoms with E-state index in [1.54, 1.807) is 0 Å². The van der Waals surface area contributed by atoms with Crippen LogP contribution in [0.25, 0.3) is 22.3 Å². The second kappa shape index (κ2) is 12.4. The largest absolute Gasteiger partial charge is 0.310 e. The van der Waals surface area contributed by atoms with E-state index in [1.807, 2.05) is 60.7 Å². The van der Waals surface area contributed by atoms with Crippen LogP contribution in [-0.4, -0.2) is 12.5 Å². The molecule has 5 heteroatoms. The fourth-order valence-corrected chi connectivity index (χ4v) is 9.42. The molecule has 8 rings (SSSR count). The summed E-state index contributed by atoms with van der Waals surface area (Å²) in [5.74, 6) is -0.527. The molecular weight excluding hydrogens is 627 g/mol. The first-order valence-electron chi connectivity index (χ1n) is 16.2. The molecular formula is C44H34F2N2S. The number of hydrogen-bond donors (Lipinski definition) is 0. The number of hydrogen-bond acceptors (Lipinski definition) is 2. The highest BCUT2D eigenvalue weighted by Crippen LogP contribution is 2.65. The molecule has 1 aliphatic rings. The molecule has 0 amide bonds. The van der Waals surface area contributed by atoms with Gasteiger partial charge in [-0.15, -0.1) is 0 Å². The fourth-order valence-electron chi connectivity index (χ4n) is 6.93. The summed E-state index contributed by atoms with van der Waals surface area (Å²) >= 11 is 0. The molecule has 0 aliphatic carbocycles. The van der Waals surface area contributed by atoms with Gasteiger partial charge in [-0.25, -0.2) is 8.78 Å². The number of anilines is 6. The Kier molecular flexibility index (Phi) is 7.77. The predicted octanol–water partition coefficient (Wildman–Crippen LogP) is 13.0. The minimum Gasteiger partial charge on any atom is -0.310 e. The van der Waals surface area contributed by atoms with Crippen molar-refractivity contribution in [1.29, 1.82) is 0 Å². The molecule has 1 heterocycles. The molecule has 0 saturated carbocycles. The van der Waals surface area contributed by atoms with E-state index in [0.29, 0.717) is 0 Å². The molecule has 0 saturated heterocycles. The summed E-state index contributed by atoms with van der Waals surface area (Å²) in [5, 5.41) is 0. The standard InChI is InChI=1S/C44H34F2N2S/c1-49(2)43-27-25-37(47(33-11-5-3-6-12-33)35-21-17-31(45)18-22-35)29-41(43)39-15-9-10-16-40(39)42-30-38(26-28-44(42)49)48(34-13-7-4-8-14-34)36-23-19-32(46)20-24-36/h3-30H,1-2H3. The second-order valence-electron chi connectivity index (χ2n) is 12.5. The molecule has 0 atom stereocenters. The van der Waals surface area contributed by atoms with Gasteiger partial charge in [0.15, 0.2) is 0 Å². The quantitative estimate of drug-likeness (QED) is 0.175. The van der Waals surface area contributed by atoms with Gasteiger partial charge in [-0.1, -0.05) is 60.7 Å². The molecule has 0 aromatic heterocycles. The molecule has 240 valence electrons. The summed E-state index contributed by atoms with van der Waals surface area (Å²) in [4.78, 5) is 6.98. The van der Waals surface area contributed by atoms with Crippen LogP contribution in [0.4, 0.5) is 42.9 Å². The Balaban J connectivity index is 1.32. The zero-order valence-electron chi connectivity index (χ0n) is 27.2. The van der Waals surface area contributed by atoms with Crippen LogP contribution >= 0.6 is 10.0 Å². The summed E-state index contributed by atoms with van der Waals surface area (Å²) in [6.07, 6.45) is 4.75. The molecule has 0 radical (unpaired) electrons. The van der Waals surface area contributed by atoms with Crippen molar-refractivity contribution in [3.8, 4) is 22.3 Å². The molecule has 0 spiro atoms. The van der Waals surface area contributed by atoms with E-state index in [2.05, 4.69) is 107 Å². The van der Waals surface area contributed by atoms with E-state index in [9.17, 15) is 8.78 Å². The van der Waals surface area contributed by atoms with Crippen LogP contribution in [-0.2, 0) is 0 Å². The Morgan fingerprint density at radius 3 is 1.06 bits per heavy atom. The first kappa shape index (κ1) is 30.7. The normalized spacial score (nSPS) is 13.3. The summed E-state index contributed by atoms with van der Waals surface area (Å²) in [6.45, 7) is 0. The average molecular weight is 661 g/mol. The van der Waals surface area contributed by atoms with Crippen molar-refractivity contribution in [2.45, 2.75) is 9.79 Å². The Labute approximate surface area is 287 Å². The predicted molar refractivity (Wildman–Crippen MR) is 203 cm³/mol. The Hall–Kier alpha value is -5.65. The zero-order valence-corrected chi connectivity index (χ0v) is 28.0. The van der Waals surface area contributed by atoms with E-state index >= 15 is 0 Å². The molecule has 0 fully saturated rings. The lowest BCUT2D eigenvalue weighted by Gasteiger charge is -2.35. The third-order valence-electron chi connectivity index (χ3n) is 9.25. The van der Waals surface area contributed by atoms with Gasteiger partial charge in [0.1, 0.15) is 11.6 Å². The van der Waals surface area contributed by atoms with Crippen LogP contribution in [0.5, 0.6) is 0 Å². The summed E-state index contributed by atoms with van der Waals surface area (Å²) in [7, 11) is -1.50. The van der Waals surface area contributed by atoms with Crippen molar-refractivity contribution < 1.29 is 8.78 Å². The van der Waals surface area contributed by atoms with Gasteiger partial charge in [0.05, 0.1) is 0 Å². The first-order valence-corrected chi connectivity index (χ1v) is 18.7. The number of fused-ring (bicyclic) bond motifs is 5. The SMILES string of the molecule is CS1(C)c2ccc(N(c3ccccc3)c3ccc(F)cc3)cc2-c2ccccc2-c2cc(N(c3ccccc3)c3ccc(F)cc3)ccc21. The van der Waals surface area contributed by atoms with Gasteiger partial charge in [0.2, 0.25) is 0 Å². The number of nitrogens with zero attached hydrogens (tertiary/aromatic N) is 2. The van der Waals surface area contributed by atoms with Crippen molar-refractivity contribution in [3.63, 3.8) is 0 Å². The van der Waals surface area contributed by atoms with Crippen LogP contribution in [0.15, 0.2) is 180 Å². The molecule has 0 unspecified atom stereocenters. The lowest BCUT2D eigenvalue weighted by molar-refractivity contribution is 0.627. The molecule has 7 aromatic carbocycles. The summed E-state index contributed by atoms with van der Waals surface area (Å²) < 4.78 is 28.1. The molecule has 49 heavy (non-hydrogen) atoms. The maximum Gasteiger partial charge on any atom is 0.123 e. The number of rotatable bonds is 6.